The van der Waals surface area contributed by atoms with Gasteiger partial charge in [-0.05, 0) is 6.07 Å². The van der Waals surface area contributed by atoms with Crippen LogP contribution in [0.25, 0.3) is 17.0 Å². The Labute approximate surface area is 123 Å². The lowest BCUT2D eigenvalue weighted by molar-refractivity contribution is -0.385. The van der Waals surface area contributed by atoms with Crippen molar-refractivity contribution in [3.63, 3.8) is 0 Å². The molecule has 1 aromatic carbocycles. The van der Waals surface area contributed by atoms with Gasteiger partial charge in [-0.2, -0.15) is 0 Å². The molecule has 8 nitrogen and oxygen atoms in total. The van der Waals surface area contributed by atoms with Crippen molar-refractivity contribution < 1.29 is 9.66 Å². The summed E-state index contributed by atoms with van der Waals surface area (Å²) in [5, 5.41) is 15.5. The molecule has 0 aliphatic heterocycles. The molecule has 0 aliphatic carbocycles. The fourth-order valence-electron chi connectivity index (χ4n) is 1.95. The van der Waals surface area contributed by atoms with E-state index in [2.05, 4.69) is 15.1 Å². The first kappa shape index (κ1) is 13.3. The van der Waals surface area contributed by atoms with Crippen LogP contribution in [0, 0.1) is 10.1 Å². The van der Waals surface area contributed by atoms with E-state index in [0.29, 0.717) is 11.2 Å². The summed E-state index contributed by atoms with van der Waals surface area (Å²) in [7, 11) is 1.34. The van der Waals surface area contributed by atoms with Gasteiger partial charge >= 0.3 is 5.69 Å². The minimum atomic E-state index is -0.564. The van der Waals surface area contributed by atoms with E-state index >= 15 is 0 Å². The lowest BCUT2D eigenvalue weighted by Gasteiger charge is -2.06. The third kappa shape index (κ3) is 2.25. The Morgan fingerprint density at radius 1 is 1.43 bits per heavy atom. The van der Waals surface area contributed by atoms with Crippen molar-refractivity contribution in [2.24, 2.45) is 0 Å². The Morgan fingerprint density at radius 3 is 2.90 bits per heavy atom. The fourth-order valence-corrected chi connectivity index (χ4v) is 2.17. The van der Waals surface area contributed by atoms with Crippen molar-refractivity contribution in [3.8, 4) is 17.1 Å². The summed E-state index contributed by atoms with van der Waals surface area (Å²) in [6.45, 7) is 0. The molecule has 0 amide bonds. The van der Waals surface area contributed by atoms with Crippen LogP contribution in [-0.4, -0.2) is 31.6 Å². The number of aromatic nitrogens is 4. The molecule has 2 heterocycles. The highest BCUT2D eigenvalue weighted by molar-refractivity contribution is 6.31. The molecular formula is C12H8ClN5O3. The summed E-state index contributed by atoms with van der Waals surface area (Å²) in [4.78, 5) is 18.7. The summed E-state index contributed by atoms with van der Waals surface area (Å²) >= 11 is 5.94. The molecule has 2 aromatic heterocycles. The van der Waals surface area contributed by atoms with Gasteiger partial charge in [0.25, 0.3) is 0 Å². The van der Waals surface area contributed by atoms with Crippen molar-refractivity contribution in [2.45, 2.75) is 0 Å². The van der Waals surface area contributed by atoms with Gasteiger partial charge in [-0.25, -0.2) is 9.50 Å². The Kier molecular flexibility index (Phi) is 3.15. The number of hydrogen-bond acceptors (Lipinski definition) is 6. The van der Waals surface area contributed by atoms with Gasteiger partial charge < -0.3 is 4.74 Å². The topological polar surface area (TPSA) is 95.5 Å². The highest BCUT2D eigenvalue weighted by atomic mass is 35.5. The molecule has 0 aliphatic rings. The summed E-state index contributed by atoms with van der Waals surface area (Å²) in [6.07, 6.45) is 4.71. The number of nitrogens with zero attached hydrogens (tertiary/aromatic N) is 5. The number of rotatable bonds is 3. The average Bonchev–Trinajstić information content (AvgIpc) is 2.90. The molecule has 0 bridgehead atoms. The number of ether oxygens (including phenoxy) is 1. The fraction of sp³-hybridized carbons (Fsp3) is 0.0833. The normalized spacial score (nSPS) is 10.8. The molecule has 106 valence electrons. The van der Waals surface area contributed by atoms with Crippen LogP contribution < -0.4 is 4.74 Å². The quantitative estimate of drug-likeness (QED) is 0.544. The number of hydrogen-bond donors (Lipinski definition) is 0. The van der Waals surface area contributed by atoms with Crippen LogP contribution in [0.2, 0.25) is 5.02 Å². The lowest BCUT2D eigenvalue weighted by Crippen LogP contribution is -1.97. The van der Waals surface area contributed by atoms with Gasteiger partial charge in [0.1, 0.15) is 0 Å². The van der Waals surface area contributed by atoms with E-state index in [1.165, 1.54) is 30.0 Å². The maximum atomic E-state index is 11.1. The second-order valence-corrected chi connectivity index (χ2v) is 4.51. The zero-order chi connectivity index (χ0) is 15.0. The van der Waals surface area contributed by atoms with Gasteiger partial charge in [-0.15, -0.1) is 5.10 Å². The van der Waals surface area contributed by atoms with Crippen LogP contribution in [0.5, 0.6) is 5.75 Å². The monoisotopic (exact) mass is 305 g/mol. The van der Waals surface area contributed by atoms with Crippen molar-refractivity contribution in [1.82, 2.24) is 19.6 Å². The molecule has 9 heteroatoms. The van der Waals surface area contributed by atoms with Crippen molar-refractivity contribution in [1.29, 1.82) is 0 Å². The summed E-state index contributed by atoms with van der Waals surface area (Å²) < 4.78 is 6.65. The second kappa shape index (κ2) is 4.98. The van der Waals surface area contributed by atoms with Gasteiger partial charge in [0.2, 0.25) is 5.75 Å². The van der Waals surface area contributed by atoms with Crippen LogP contribution in [0.15, 0.2) is 30.7 Å². The van der Waals surface area contributed by atoms with E-state index in [1.54, 1.807) is 12.4 Å². The van der Waals surface area contributed by atoms with E-state index in [4.69, 9.17) is 16.3 Å². The smallest absolute Gasteiger partial charge is 0.313 e. The summed E-state index contributed by atoms with van der Waals surface area (Å²) in [6, 6.07) is 2.75. The van der Waals surface area contributed by atoms with E-state index in [0.717, 1.165) is 0 Å². The lowest BCUT2D eigenvalue weighted by atomic mass is 10.1. The Bertz CT molecular complexity index is 815. The van der Waals surface area contributed by atoms with E-state index in [-0.39, 0.29) is 22.3 Å². The van der Waals surface area contributed by atoms with Crippen molar-refractivity contribution in [3.05, 3.63) is 45.9 Å². The Hall–Kier alpha value is -2.74. The van der Waals surface area contributed by atoms with Gasteiger partial charge in [0.05, 0.1) is 23.8 Å². The van der Waals surface area contributed by atoms with Crippen molar-refractivity contribution in [2.75, 3.05) is 7.11 Å². The van der Waals surface area contributed by atoms with Crippen LogP contribution in [-0.2, 0) is 0 Å². The first-order chi connectivity index (χ1) is 10.1. The molecule has 0 atom stereocenters. The van der Waals surface area contributed by atoms with E-state index < -0.39 is 4.92 Å². The third-order valence-corrected chi connectivity index (χ3v) is 3.04. The molecule has 21 heavy (non-hydrogen) atoms. The molecule has 0 spiro atoms. The Morgan fingerprint density at radius 2 is 2.24 bits per heavy atom. The minimum absolute atomic E-state index is 0.0632. The van der Waals surface area contributed by atoms with Gasteiger partial charge in [-0.1, -0.05) is 11.6 Å². The number of methoxy groups -OCH3 is 1. The largest absolute Gasteiger partial charge is 0.490 e. The molecule has 0 fully saturated rings. The molecule has 0 N–H and O–H groups in total. The van der Waals surface area contributed by atoms with Gasteiger partial charge in [0, 0.05) is 23.5 Å². The number of benzene rings is 1. The molecular weight excluding hydrogens is 298 g/mol. The summed E-state index contributed by atoms with van der Waals surface area (Å²) in [5.41, 5.74) is 0.620. The SMILES string of the molecule is COc1c(-c2nc3cnccn3n2)cc(Cl)cc1[N+](=O)[O-]. The van der Waals surface area contributed by atoms with Gasteiger partial charge in [0.15, 0.2) is 11.5 Å². The van der Waals surface area contributed by atoms with Gasteiger partial charge in [-0.3, -0.25) is 15.1 Å². The van der Waals surface area contributed by atoms with Crippen molar-refractivity contribution >= 4 is 22.9 Å². The Balaban J connectivity index is 2.27. The standard InChI is InChI=1S/C12H8ClN5O3/c1-21-11-8(4-7(13)5-9(11)18(19)20)12-15-10-6-14-2-3-17(10)16-12/h2-6H,1H3. The van der Waals surface area contributed by atoms with Crippen LogP contribution in [0.4, 0.5) is 5.69 Å². The number of halogens is 1. The second-order valence-electron chi connectivity index (χ2n) is 4.08. The predicted octanol–water partition coefficient (Wildman–Crippen LogP) is 2.36. The molecule has 0 saturated heterocycles. The first-order valence-electron chi connectivity index (χ1n) is 5.79. The summed E-state index contributed by atoms with van der Waals surface area (Å²) in [5.74, 6) is 0.332. The zero-order valence-corrected chi connectivity index (χ0v) is 11.5. The number of nitro groups is 1. The average molecular weight is 306 g/mol. The minimum Gasteiger partial charge on any atom is -0.490 e. The van der Waals surface area contributed by atoms with E-state index in [9.17, 15) is 10.1 Å². The maximum absolute atomic E-state index is 11.1. The molecule has 0 radical (unpaired) electrons. The van der Waals surface area contributed by atoms with Crippen LogP contribution >= 0.6 is 11.6 Å². The first-order valence-corrected chi connectivity index (χ1v) is 6.16. The molecule has 0 saturated carbocycles. The zero-order valence-electron chi connectivity index (χ0n) is 10.7. The predicted molar refractivity (Wildman–Crippen MR) is 74.4 cm³/mol. The molecule has 3 rings (SSSR count). The molecule has 3 aromatic rings. The third-order valence-electron chi connectivity index (χ3n) is 2.82. The molecule has 0 unspecified atom stereocenters. The highest BCUT2D eigenvalue weighted by Crippen LogP contribution is 2.39. The van der Waals surface area contributed by atoms with E-state index in [1.807, 2.05) is 0 Å². The van der Waals surface area contributed by atoms with Crippen LogP contribution in [0.1, 0.15) is 0 Å². The number of fused-ring (bicyclic) bond motifs is 1. The maximum Gasteiger partial charge on any atom is 0.313 e. The number of nitro benzene ring substituents is 1. The highest BCUT2D eigenvalue weighted by Gasteiger charge is 2.23. The van der Waals surface area contributed by atoms with Crippen LogP contribution in [0.3, 0.4) is 0 Å².